The molecular weight excluding hydrogens is 166 g/mol. The van der Waals surface area contributed by atoms with Gasteiger partial charge in [-0.3, -0.25) is 4.98 Å². The summed E-state index contributed by atoms with van der Waals surface area (Å²) < 4.78 is 5.37. The zero-order valence-electron chi connectivity index (χ0n) is 8.03. The molecule has 0 saturated carbocycles. The minimum Gasteiger partial charge on any atom is -0.492 e. The van der Waals surface area contributed by atoms with Crippen molar-refractivity contribution in [3.8, 4) is 5.75 Å². The average molecular weight is 181 g/mol. The van der Waals surface area contributed by atoms with E-state index in [0.29, 0.717) is 6.61 Å². The molecule has 0 aliphatic heterocycles. The van der Waals surface area contributed by atoms with E-state index in [4.69, 9.17) is 4.74 Å². The van der Waals surface area contributed by atoms with Crippen LogP contribution in [-0.2, 0) is 0 Å². The quantitative estimate of drug-likeness (QED) is 0.771. The maximum Gasteiger partial charge on any atom is 0.137 e. The predicted molar refractivity (Wildman–Crippen MR) is 50.7 cm³/mol. The molecular formula is C10H15NO2. The first-order valence-electron chi connectivity index (χ1n) is 4.50. The Bertz CT molecular complexity index is 261. The van der Waals surface area contributed by atoms with Crippen molar-refractivity contribution in [3.63, 3.8) is 0 Å². The zero-order chi connectivity index (χ0) is 9.68. The van der Waals surface area contributed by atoms with Crippen molar-refractivity contribution >= 4 is 0 Å². The minimum absolute atomic E-state index is 0.488. The molecule has 0 amide bonds. The van der Waals surface area contributed by atoms with Crippen LogP contribution in [0.3, 0.4) is 0 Å². The molecule has 13 heavy (non-hydrogen) atoms. The van der Waals surface area contributed by atoms with Gasteiger partial charge in [-0.1, -0.05) is 6.92 Å². The van der Waals surface area contributed by atoms with Crippen molar-refractivity contribution < 1.29 is 9.84 Å². The van der Waals surface area contributed by atoms with Gasteiger partial charge in [-0.25, -0.2) is 0 Å². The molecule has 0 spiro atoms. The highest BCUT2D eigenvalue weighted by Gasteiger charge is 2.02. The number of nitrogens with zero attached hydrogens (tertiary/aromatic N) is 1. The van der Waals surface area contributed by atoms with Gasteiger partial charge in [0.25, 0.3) is 0 Å². The van der Waals surface area contributed by atoms with Gasteiger partial charge < -0.3 is 9.84 Å². The van der Waals surface area contributed by atoms with Crippen LogP contribution in [0.2, 0.25) is 0 Å². The second-order valence-electron chi connectivity index (χ2n) is 2.98. The third-order valence-corrected chi connectivity index (χ3v) is 1.69. The second kappa shape index (κ2) is 4.82. The highest BCUT2D eigenvalue weighted by atomic mass is 16.5. The fourth-order valence-electron chi connectivity index (χ4n) is 0.963. The smallest absolute Gasteiger partial charge is 0.137 e. The van der Waals surface area contributed by atoms with Crippen molar-refractivity contribution in [2.75, 3.05) is 6.61 Å². The molecule has 0 aromatic carbocycles. The van der Waals surface area contributed by atoms with Crippen LogP contribution < -0.4 is 4.74 Å². The average Bonchev–Trinajstić information content (AvgIpc) is 2.15. The highest BCUT2D eigenvalue weighted by molar-refractivity contribution is 5.24. The molecule has 1 aromatic heterocycles. The van der Waals surface area contributed by atoms with E-state index in [1.807, 2.05) is 13.0 Å². The lowest BCUT2D eigenvalue weighted by Gasteiger charge is -2.07. The van der Waals surface area contributed by atoms with Gasteiger partial charge in [0.2, 0.25) is 0 Å². The Kier molecular flexibility index (Phi) is 3.71. The van der Waals surface area contributed by atoms with E-state index in [2.05, 4.69) is 4.98 Å². The van der Waals surface area contributed by atoms with Crippen molar-refractivity contribution in [2.45, 2.75) is 26.4 Å². The van der Waals surface area contributed by atoms with Crippen LogP contribution in [0, 0.1) is 0 Å². The normalized spacial score (nSPS) is 12.5. The topological polar surface area (TPSA) is 42.4 Å². The molecule has 0 aliphatic carbocycles. The van der Waals surface area contributed by atoms with Gasteiger partial charge in [-0.15, -0.1) is 0 Å². The summed E-state index contributed by atoms with van der Waals surface area (Å²) in [6.45, 7) is 4.44. The number of aliphatic hydroxyl groups excluding tert-OH is 1. The summed E-state index contributed by atoms with van der Waals surface area (Å²) in [4.78, 5) is 3.97. The largest absolute Gasteiger partial charge is 0.492 e. The van der Waals surface area contributed by atoms with Gasteiger partial charge in [0.15, 0.2) is 0 Å². The molecule has 0 aliphatic rings. The number of ether oxygens (including phenoxy) is 1. The Morgan fingerprint density at radius 3 is 2.92 bits per heavy atom. The third kappa shape index (κ3) is 3.03. The molecule has 1 N–H and O–H groups in total. The van der Waals surface area contributed by atoms with Crippen molar-refractivity contribution in [2.24, 2.45) is 0 Å². The molecule has 0 fully saturated rings. The van der Waals surface area contributed by atoms with E-state index in [1.54, 1.807) is 19.3 Å². The molecule has 1 atom stereocenters. The van der Waals surface area contributed by atoms with Crippen LogP contribution in [0.4, 0.5) is 0 Å². The minimum atomic E-state index is -0.488. The summed E-state index contributed by atoms with van der Waals surface area (Å²) in [6, 6.07) is 1.81. The van der Waals surface area contributed by atoms with Crippen LogP contribution in [0.1, 0.15) is 31.9 Å². The number of pyridine rings is 1. The van der Waals surface area contributed by atoms with Crippen molar-refractivity contribution in [1.29, 1.82) is 0 Å². The van der Waals surface area contributed by atoms with E-state index in [1.165, 1.54) is 0 Å². The van der Waals surface area contributed by atoms with Gasteiger partial charge in [-0.05, 0) is 19.4 Å². The second-order valence-corrected chi connectivity index (χ2v) is 2.98. The lowest BCUT2D eigenvalue weighted by Crippen LogP contribution is -1.98. The summed E-state index contributed by atoms with van der Waals surface area (Å²) in [5, 5.41) is 9.28. The first-order chi connectivity index (χ1) is 6.24. The predicted octanol–water partition coefficient (Wildman–Crippen LogP) is 1.92. The fraction of sp³-hybridized carbons (Fsp3) is 0.500. The molecule has 72 valence electrons. The van der Waals surface area contributed by atoms with Crippen LogP contribution in [-0.4, -0.2) is 16.7 Å². The third-order valence-electron chi connectivity index (χ3n) is 1.69. The van der Waals surface area contributed by atoms with Crippen molar-refractivity contribution in [3.05, 3.63) is 24.0 Å². The Morgan fingerprint density at radius 1 is 1.54 bits per heavy atom. The van der Waals surface area contributed by atoms with E-state index < -0.39 is 6.10 Å². The molecule has 0 bridgehead atoms. The van der Waals surface area contributed by atoms with Crippen LogP contribution in [0.5, 0.6) is 5.75 Å². The summed E-state index contributed by atoms with van der Waals surface area (Å²) >= 11 is 0. The SMILES string of the molecule is CCCOc1cncc(C(C)O)c1. The maximum absolute atomic E-state index is 9.28. The molecule has 0 radical (unpaired) electrons. The maximum atomic E-state index is 9.28. The van der Waals surface area contributed by atoms with Gasteiger partial charge >= 0.3 is 0 Å². The standard InChI is InChI=1S/C10H15NO2/c1-3-4-13-10-5-9(8(2)12)6-11-7-10/h5-8,12H,3-4H2,1-2H3. The highest BCUT2D eigenvalue weighted by Crippen LogP contribution is 2.16. The Balaban J connectivity index is 2.68. The van der Waals surface area contributed by atoms with Crippen LogP contribution in [0.15, 0.2) is 18.5 Å². The van der Waals surface area contributed by atoms with E-state index in [9.17, 15) is 5.11 Å². The van der Waals surface area contributed by atoms with Crippen LogP contribution in [0.25, 0.3) is 0 Å². The lowest BCUT2D eigenvalue weighted by atomic mass is 10.2. The first-order valence-corrected chi connectivity index (χ1v) is 4.50. The Morgan fingerprint density at radius 2 is 2.31 bits per heavy atom. The van der Waals surface area contributed by atoms with Gasteiger partial charge in [0.05, 0.1) is 18.9 Å². The number of hydrogen-bond acceptors (Lipinski definition) is 3. The lowest BCUT2D eigenvalue weighted by molar-refractivity contribution is 0.198. The number of rotatable bonds is 4. The van der Waals surface area contributed by atoms with E-state index >= 15 is 0 Å². The zero-order valence-corrected chi connectivity index (χ0v) is 8.03. The van der Waals surface area contributed by atoms with E-state index in [0.717, 1.165) is 17.7 Å². The monoisotopic (exact) mass is 181 g/mol. The Labute approximate surface area is 78.4 Å². The number of aromatic nitrogens is 1. The number of hydrogen-bond donors (Lipinski definition) is 1. The van der Waals surface area contributed by atoms with Crippen molar-refractivity contribution in [1.82, 2.24) is 4.98 Å². The summed E-state index contributed by atoms with van der Waals surface area (Å²) in [7, 11) is 0. The fourth-order valence-corrected chi connectivity index (χ4v) is 0.963. The first kappa shape index (κ1) is 9.99. The molecule has 1 unspecified atom stereocenters. The summed E-state index contributed by atoms with van der Waals surface area (Å²) in [6.07, 6.45) is 3.78. The van der Waals surface area contributed by atoms with Gasteiger partial charge in [0, 0.05) is 11.8 Å². The molecule has 3 heteroatoms. The summed E-state index contributed by atoms with van der Waals surface area (Å²) in [5.41, 5.74) is 0.786. The van der Waals surface area contributed by atoms with Gasteiger partial charge in [-0.2, -0.15) is 0 Å². The molecule has 3 nitrogen and oxygen atoms in total. The molecule has 0 saturated heterocycles. The summed E-state index contributed by atoms with van der Waals surface area (Å²) in [5.74, 6) is 0.722. The molecule has 1 rings (SSSR count). The Hall–Kier alpha value is -1.09. The van der Waals surface area contributed by atoms with Crippen LogP contribution >= 0.6 is 0 Å². The molecule has 1 heterocycles. The molecule has 1 aromatic rings. The van der Waals surface area contributed by atoms with E-state index in [-0.39, 0.29) is 0 Å². The number of aliphatic hydroxyl groups is 1. The van der Waals surface area contributed by atoms with Gasteiger partial charge in [0.1, 0.15) is 5.75 Å².